The zero-order valence-corrected chi connectivity index (χ0v) is 21.3. The van der Waals surface area contributed by atoms with E-state index in [1.165, 1.54) is 38.5 Å². The number of fused-ring (bicyclic) bond motifs is 1. The summed E-state index contributed by atoms with van der Waals surface area (Å²) >= 11 is 7.06. The lowest BCUT2D eigenvalue weighted by Gasteiger charge is -2.20. The summed E-state index contributed by atoms with van der Waals surface area (Å²) in [6.45, 7) is 0. The van der Waals surface area contributed by atoms with Crippen LogP contribution >= 0.6 is 23.4 Å². The molecule has 1 amide bonds. The molecular formula is C22H17ClN4O7S2. The van der Waals surface area contributed by atoms with Crippen molar-refractivity contribution in [1.29, 1.82) is 5.41 Å². The summed E-state index contributed by atoms with van der Waals surface area (Å²) in [6, 6.07) is 9.23. The fraction of sp³-hybridized carbons (Fsp3) is 0.136. The maximum absolute atomic E-state index is 12.6. The Hall–Kier alpha value is -3.68. The topological polar surface area (TPSA) is 148 Å². The van der Waals surface area contributed by atoms with Crippen molar-refractivity contribution in [2.75, 3.05) is 20.5 Å². The molecule has 0 unspecified atom stereocenters. The number of rotatable bonds is 5. The van der Waals surface area contributed by atoms with Crippen molar-refractivity contribution in [2.45, 2.75) is 0 Å². The first-order valence-electron chi connectivity index (χ1n) is 9.96. The third kappa shape index (κ3) is 4.98. The van der Waals surface area contributed by atoms with Gasteiger partial charge in [-0.3, -0.25) is 10.2 Å². The SMILES string of the molecule is COc1cccc(C(=O)Oc2c(Cl)cc(C=C3C(=N)N4N=C(S(C)(=O)=O)SC4=NC3=O)cc2OC)c1. The van der Waals surface area contributed by atoms with E-state index >= 15 is 0 Å². The molecule has 0 radical (unpaired) electrons. The Morgan fingerprint density at radius 1 is 1.19 bits per heavy atom. The summed E-state index contributed by atoms with van der Waals surface area (Å²) in [5.74, 6) is -1.29. The van der Waals surface area contributed by atoms with Gasteiger partial charge in [-0.1, -0.05) is 17.7 Å². The van der Waals surface area contributed by atoms with E-state index in [0.29, 0.717) is 23.1 Å². The number of halogens is 1. The van der Waals surface area contributed by atoms with Crippen molar-refractivity contribution < 1.29 is 32.2 Å². The number of nitrogens with one attached hydrogen (secondary N) is 1. The van der Waals surface area contributed by atoms with Gasteiger partial charge < -0.3 is 14.2 Å². The second kappa shape index (κ2) is 9.76. The number of methoxy groups -OCH3 is 2. The van der Waals surface area contributed by atoms with Crippen LogP contribution < -0.4 is 14.2 Å². The third-order valence-electron chi connectivity index (χ3n) is 4.82. The average Bonchev–Trinajstić information content (AvgIpc) is 3.28. The Balaban J connectivity index is 1.65. The van der Waals surface area contributed by atoms with Crippen LogP contribution in [0.3, 0.4) is 0 Å². The van der Waals surface area contributed by atoms with E-state index in [0.717, 1.165) is 11.3 Å². The summed E-state index contributed by atoms with van der Waals surface area (Å²) in [7, 11) is -0.833. The highest BCUT2D eigenvalue weighted by atomic mass is 35.5. The number of ether oxygens (including phenoxy) is 3. The predicted octanol–water partition coefficient (Wildman–Crippen LogP) is 3.20. The van der Waals surface area contributed by atoms with E-state index in [4.69, 9.17) is 31.2 Å². The molecule has 0 spiro atoms. The van der Waals surface area contributed by atoms with Crippen LogP contribution in [0.4, 0.5) is 0 Å². The minimum atomic E-state index is -3.65. The highest BCUT2D eigenvalue weighted by Crippen LogP contribution is 2.38. The van der Waals surface area contributed by atoms with Crippen LogP contribution in [0.1, 0.15) is 15.9 Å². The van der Waals surface area contributed by atoms with Gasteiger partial charge in [0.2, 0.25) is 19.4 Å². The molecule has 36 heavy (non-hydrogen) atoms. The number of hydrazone groups is 1. The molecule has 2 aromatic rings. The number of amidine groups is 2. The molecule has 186 valence electrons. The lowest BCUT2D eigenvalue weighted by atomic mass is 10.1. The molecule has 14 heteroatoms. The zero-order chi connectivity index (χ0) is 26.2. The summed E-state index contributed by atoms with van der Waals surface area (Å²) in [6.07, 6.45) is 2.29. The van der Waals surface area contributed by atoms with Crippen LogP contribution in [0, 0.1) is 5.41 Å². The molecule has 0 aliphatic carbocycles. The summed E-state index contributed by atoms with van der Waals surface area (Å²) < 4.78 is 39.2. The third-order valence-corrected chi connectivity index (χ3v) is 7.67. The standard InChI is InChI=1S/C22H17ClN4O7S2/c1-32-13-6-4-5-12(10-13)20(29)34-17-15(23)8-11(9-16(17)33-2)7-14-18(24)27-21(25-19(14)28)35-22(26-27)36(3,30)31/h4-10,24H,1-3H3. The van der Waals surface area contributed by atoms with E-state index in [1.54, 1.807) is 18.2 Å². The van der Waals surface area contributed by atoms with E-state index < -0.39 is 21.7 Å². The molecule has 0 atom stereocenters. The van der Waals surface area contributed by atoms with Gasteiger partial charge in [-0.05, 0) is 53.7 Å². The number of thioether (sulfide) groups is 1. The molecule has 1 N–H and O–H groups in total. The maximum atomic E-state index is 12.6. The molecule has 2 aliphatic heterocycles. The average molecular weight is 549 g/mol. The largest absolute Gasteiger partial charge is 0.497 e. The van der Waals surface area contributed by atoms with E-state index in [9.17, 15) is 18.0 Å². The molecule has 11 nitrogen and oxygen atoms in total. The van der Waals surface area contributed by atoms with Crippen LogP contribution in [0.25, 0.3) is 6.08 Å². The highest BCUT2D eigenvalue weighted by Gasteiger charge is 2.38. The Bertz CT molecular complexity index is 1520. The normalized spacial score (nSPS) is 16.4. The van der Waals surface area contributed by atoms with Crippen LogP contribution in [0.5, 0.6) is 17.2 Å². The number of carbonyl (C=O) groups excluding carboxylic acids is 2. The van der Waals surface area contributed by atoms with Gasteiger partial charge in [0.25, 0.3) is 5.91 Å². The number of sulfone groups is 1. The summed E-state index contributed by atoms with van der Waals surface area (Å²) in [5.41, 5.74) is 0.409. The van der Waals surface area contributed by atoms with Crippen molar-refractivity contribution in [3.05, 3.63) is 58.1 Å². The first-order valence-corrected chi connectivity index (χ1v) is 13.0. The number of hydrogen-bond acceptors (Lipinski definition) is 10. The summed E-state index contributed by atoms with van der Waals surface area (Å²) in [4.78, 5) is 29.1. The number of hydrogen-bond donors (Lipinski definition) is 1. The van der Waals surface area contributed by atoms with Crippen LogP contribution in [0.15, 0.2) is 52.1 Å². The fourth-order valence-corrected chi connectivity index (χ4v) is 5.06. The van der Waals surface area contributed by atoms with E-state index in [2.05, 4.69) is 10.1 Å². The van der Waals surface area contributed by atoms with E-state index in [1.807, 2.05) is 0 Å². The smallest absolute Gasteiger partial charge is 0.343 e. The molecule has 2 aromatic carbocycles. The molecule has 0 bridgehead atoms. The quantitative estimate of drug-likeness (QED) is 0.338. The van der Waals surface area contributed by atoms with Crippen molar-refractivity contribution in [1.82, 2.24) is 5.01 Å². The molecule has 4 rings (SSSR count). The Kier molecular flexibility index (Phi) is 6.89. The highest BCUT2D eigenvalue weighted by molar-refractivity contribution is 8.42. The van der Waals surface area contributed by atoms with Gasteiger partial charge in [-0.2, -0.15) is 10.0 Å². The lowest BCUT2D eigenvalue weighted by Crippen LogP contribution is -2.35. The van der Waals surface area contributed by atoms with Gasteiger partial charge in [0.15, 0.2) is 17.3 Å². The molecule has 0 saturated carbocycles. The van der Waals surface area contributed by atoms with Crippen molar-refractivity contribution in [3.8, 4) is 17.2 Å². The Labute approximate surface area is 214 Å². The monoisotopic (exact) mass is 548 g/mol. The molecule has 0 aromatic heterocycles. The number of amides is 1. The van der Waals surface area contributed by atoms with Gasteiger partial charge in [0.05, 0.1) is 30.4 Å². The Morgan fingerprint density at radius 2 is 1.94 bits per heavy atom. The van der Waals surface area contributed by atoms with E-state index in [-0.39, 0.29) is 43.0 Å². The van der Waals surface area contributed by atoms with Gasteiger partial charge in [0.1, 0.15) is 5.75 Å². The number of nitrogens with zero attached hydrogens (tertiary/aromatic N) is 3. The summed E-state index contributed by atoms with van der Waals surface area (Å²) in [5, 5.41) is 13.2. The van der Waals surface area contributed by atoms with Gasteiger partial charge in [0, 0.05) is 6.26 Å². The minimum absolute atomic E-state index is 0.00513. The second-order valence-corrected chi connectivity index (χ2v) is 10.9. The maximum Gasteiger partial charge on any atom is 0.343 e. The van der Waals surface area contributed by atoms with Gasteiger partial charge in [-0.15, -0.1) is 5.10 Å². The number of esters is 1. The first kappa shape index (κ1) is 25.4. The molecule has 0 saturated heterocycles. The number of carbonyl (C=O) groups is 2. The van der Waals surface area contributed by atoms with Gasteiger partial charge >= 0.3 is 5.97 Å². The molecule has 0 fully saturated rings. The second-order valence-electron chi connectivity index (χ2n) is 7.31. The minimum Gasteiger partial charge on any atom is -0.497 e. The number of aliphatic imine (C=N–C) groups is 1. The Morgan fingerprint density at radius 3 is 2.61 bits per heavy atom. The molecular weight excluding hydrogens is 532 g/mol. The van der Waals surface area contributed by atoms with Crippen LogP contribution in [-0.2, 0) is 14.6 Å². The van der Waals surface area contributed by atoms with Crippen LogP contribution in [0.2, 0.25) is 5.02 Å². The van der Waals surface area contributed by atoms with Crippen molar-refractivity contribution >= 4 is 66.5 Å². The first-order chi connectivity index (χ1) is 17.0. The van der Waals surface area contributed by atoms with Crippen LogP contribution in [-0.4, -0.2) is 61.2 Å². The van der Waals surface area contributed by atoms with Gasteiger partial charge in [-0.25, -0.2) is 13.2 Å². The molecule has 2 heterocycles. The van der Waals surface area contributed by atoms with Crippen molar-refractivity contribution in [3.63, 3.8) is 0 Å². The lowest BCUT2D eigenvalue weighted by molar-refractivity contribution is -0.114. The predicted molar refractivity (Wildman–Crippen MR) is 136 cm³/mol. The fourth-order valence-electron chi connectivity index (χ4n) is 3.11. The molecule has 2 aliphatic rings. The zero-order valence-electron chi connectivity index (χ0n) is 18.9. The number of benzene rings is 2. The van der Waals surface area contributed by atoms with Crippen molar-refractivity contribution in [2.24, 2.45) is 10.1 Å².